The molecular weight excluding hydrogens is 705 g/mol. The van der Waals surface area contributed by atoms with E-state index in [2.05, 4.69) is 21.4 Å². The fourth-order valence-electron chi connectivity index (χ4n) is 7.05. The maximum Gasteiger partial charge on any atom is 0.238 e. The third kappa shape index (κ3) is 5.27. The molecule has 0 amide bonds. The Morgan fingerprint density at radius 1 is 0.630 bits per heavy atom. The zero-order valence-corrected chi connectivity index (χ0v) is 28.1. The van der Waals surface area contributed by atoms with Gasteiger partial charge in [-0.05, 0) is 58.8 Å². The van der Waals surface area contributed by atoms with Crippen LogP contribution in [-0.2, 0) is 6.54 Å². The quantitative estimate of drug-likeness (QED) is 0.110. The van der Waals surface area contributed by atoms with Crippen LogP contribution >= 0.6 is 0 Å². The van der Waals surface area contributed by atoms with Crippen LogP contribution in [0.3, 0.4) is 0 Å². The molecule has 9 rings (SSSR count). The number of ether oxygens (including phenoxy) is 1. The summed E-state index contributed by atoms with van der Waals surface area (Å²) in [7, 11) is 8.04. The molecule has 7 aromatic rings. The van der Waals surface area contributed by atoms with E-state index in [-0.39, 0.29) is 69.9 Å². The fraction of sp³-hybridized carbons (Fsp3) is 0.0750. The van der Waals surface area contributed by atoms with Gasteiger partial charge in [-0.2, -0.15) is 0 Å². The van der Waals surface area contributed by atoms with Gasteiger partial charge in [-0.15, -0.1) is 0 Å². The van der Waals surface area contributed by atoms with Gasteiger partial charge in [-0.25, -0.2) is 36.3 Å². The van der Waals surface area contributed by atoms with E-state index >= 15 is 0 Å². The van der Waals surface area contributed by atoms with Gasteiger partial charge in [-0.3, -0.25) is 4.99 Å². The lowest BCUT2D eigenvalue weighted by atomic mass is 10.0. The first-order valence-electron chi connectivity index (χ1n) is 16.6. The van der Waals surface area contributed by atoms with Crippen molar-refractivity contribution < 1.29 is 31.1 Å². The molecule has 0 saturated heterocycles. The lowest BCUT2D eigenvalue weighted by Gasteiger charge is -2.21. The van der Waals surface area contributed by atoms with Gasteiger partial charge in [0.15, 0.2) is 41.6 Å². The molecule has 2 aliphatic heterocycles. The third-order valence-electron chi connectivity index (χ3n) is 9.59. The van der Waals surface area contributed by atoms with E-state index < -0.39 is 34.9 Å². The average molecular weight is 728 g/mol. The summed E-state index contributed by atoms with van der Waals surface area (Å²) in [5, 5.41) is 6.49. The van der Waals surface area contributed by atoms with Crippen LogP contribution in [0.2, 0.25) is 0 Å². The number of rotatable bonds is 5. The summed E-state index contributed by atoms with van der Waals surface area (Å²) in [5.74, 6) is -6.23. The molecule has 0 fully saturated rings. The maximum absolute atomic E-state index is 14.9. The molecule has 0 bridgehead atoms. The van der Waals surface area contributed by atoms with E-state index in [1.54, 1.807) is 4.90 Å². The van der Waals surface area contributed by atoms with E-state index in [1.807, 2.05) is 48.5 Å². The zero-order chi connectivity index (χ0) is 37.4. The molecule has 14 heteroatoms. The van der Waals surface area contributed by atoms with Gasteiger partial charge < -0.3 is 19.4 Å². The minimum absolute atomic E-state index is 0.000588. The van der Waals surface area contributed by atoms with Gasteiger partial charge in [-0.1, -0.05) is 48.5 Å². The van der Waals surface area contributed by atoms with Crippen LogP contribution in [0.4, 0.5) is 38.0 Å². The van der Waals surface area contributed by atoms with E-state index in [0.29, 0.717) is 11.3 Å². The number of hydrogen-bond acceptors (Lipinski definition) is 4. The molecule has 0 aliphatic carbocycles. The topological polar surface area (TPSA) is 66.5 Å². The second-order valence-corrected chi connectivity index (χ2v) is 12.8. The van der Waals surface area contributed by atoms with Crippen LogP contribution in [0.15, 0.2) is 106 Å². The Morgan fingerprint density at radius 2 is 1.15 bits per heavy atom. The first-order valence-corrected chi connectivity index (χ1v) is 16.6. The van der Waals surface area contributed by atoms with Crippen molar-refractivity contribution in [3.05, 3.63) is 148 Å². The number of hydrogen-bond donors (Lipinski definition) is 1. The normalized spacial score (nSPS) is 16.0. The molecule has 0 spiro atoms. The van der Waals surface area contributed by atoms with E-state index in [0.717, 1.165) is 62.4 Å². The average Bonchev–Trinajstić information content (AvgIpc) is 3.75. The van der Waals surface area contributed by atoms with Crippen molar-refractivity contribution in [3.63, 3.8) is 0 Å². The summed E-state index contributed by atoms with van der Waals surface area (Å²) in [4.78, 5) is 15.1. The molecule has 1 aromatic heterocycles. The third-order valence-corrected chi connectivity index (χ3v) is 9.59. The molecule has 54 heavy (non-hydrogen) atoms. The highest BCUT2D eigenvalue weighted by atomic mass is 19.2. The molecule has 0 unspecified atom stereocenters. The van der Waals surface area contributed by atoms with Gasteiger partial charge in [0.2, 0.25) is 7.98 Å². The molecule has 2 radical (unpaired) electrons. The maximum atomic E-state index is 14.9. The molecule has 0 atom stereocenters. The zero-order valence-electron chi connectivity index (χ0n) is 28.1. The van der Waals surface area contributed by atoms with Crippen molar-refractivity contribution in [2.45, 2.75) is 6.54 Å². The van der Waals surface area contributed by atoms with Crippen LogP contribution in [0.1, 0.15) is 22.3 Å². The number of amidine groups is 3. The lowest BCUT2D eigenvalue weighted by molar-refractivity contribution is 0.196. The minimum Gasteiger partial charge on any atom is -0.472 e. The summed E-state index contributed by atoms with van der Waals surface area (Å²) < 4.78 is 95.2. The van der Waals surface area contributed by atoms with Gasteiger partial charge in [0.05, 0.1) is 0 Å². The monoisotopic (exact) mass is 728 g/mol. The van der Waals surface area contributed by atoms with Gasteiger partial charge in [0.1, 0.15) is 34.9 Å². The predicted octanol–water partition coefficient (Wildman–Crippen LogP) is 8.70. The number of nitrogens with zero attached hydrogens (tertiary/aromatic N) is 5. The fourth-order valence-corrected chi connectivity index (χ4v) is 7.05. The molecule has 1 N–H and O–H groups in total. The Hall–Kier alpha value is -6.57. The number of aromatic nitrogens is 1. The number of nitrogens with one attached hydrogen (secondary N) is 1. The van der Waals surface area contributed by atoms with Crippen molar-refractivity contribution in [3.8, 4) is 5.75 Å². The van der Waals surface area contributed by atoms with Crippen molar-refractivity contribution in [2.75, 3.05) is 13.8 Å². The van der Waals surface area contributed by atoms with Crippen molar-refractivity contribution in [2.24, 2.45) is 15.0 Å². The Balaban J connectivity index is 1.20. The van der Waals surface area contributed by atoms with Crippen molar-refractivity contribution in [1.82, 2.24) is 14.7 Å². The number of fused-ring (bicyclic) bond motifs is 5. The molecule has 2 aliphatic rings. The van der Waals surface area contributed by atoms with Gasteiger partial charge in [0, 0.05) is 51.8 Å². The minimum atomic E-state index is -1.21. The predicted molar refractivity (Wildman–Crippen MR) is 196 cm³/mol. The van der Waals surface area contributed by atoms with E-state index in [4.69, 9.17) is 17.7 Å². The largest absolute Gasteiger partial charge is 0.472 e. The smallest absolute Gasteiger partial charge is 0.238 e. The van der Waals surface area contributed by atoms with Crippen LogP contribution in [0.5, 0.6) is 5.75 Å². The molecule has 3 heterocycles. The summed E-state index contributed by atoms with van der Waals surface area (Å²) in [6.07, 6.45) is 0. The Bertz CT molecular complexity index is 2800. The summed E-state index contributed by atoms with van der Waals surface area (Å²) in [6.45, 7) is -0.0878. The summed E-state index contributed by atoms with van der Waals surface area (Å²) in [6, 6.07) is 23.2. The second-order valence-electron chi connectivity index (χ2n) is 12.8. The first-order chi connectivity index (χ1) is 26.1. The Kier molecular flexibility index (Phi) is 7.73. The van der Waals surface area contributed by atoms with Crippen LogP contribution in [-0.4, -0.2) is 48.6 Å². The highest BCUT2D eigenvalue weighted by Gasteiger charge is 2.31. The molecule has 7 nitrogen and oxygen atoms in total. The van der Waals surface area contributed by atoms with Gasteiger partial charge in [0.25, 0.3) is 0 Å². The van der Waals surface area contributed by atoms with Crippen LogP contribution in [0, 0.1) is 34.9 Å². The van der Waals surface area contributed by atoms with Crippen molar-refractivity contribution >= 4 is 69.4 Å². The first kappa shape index (κ1) is 33.3. The summed E-state index contributed by atoms with van der Waals surface area (Å²) in [5.41, 5.74) is 0.978. The number of halogens is 6. The number of benzene rings is 6. The second kappa shape index (κ2) is 12.5. The highest BCUT2D eigenvalue weighted by molar-refractivity contribution is 6.27. The SMILES string of the molecule is [B]n1c(N=C2NC(=NC)c3cc(F)c(F)cc32)c2cc(F)c(F)cc2c1N=C1c2cc(F)c(F)cc2CN1COc1c2ccccc2cc2ccccc12. The van der Waals surface area contributed by atoms with Gasteiger partial charge >= 0.3 is 0 Å². The van der Waals surface area contributed by atoms with Crippen LogP contribution in [0.25, 0.3) is 32.3 Å². The Morgan fingerprint density at radius 3 is 1.76 bits per heavy atom. The molecule has 264 valence electrons. The highest BCUT2D eigenvalue weighted by Crippen LogP contribution is 2.41. The van der Waals surface area contributed by atoms with E-state index in [1.165, 1.54) is 7.05 Å². The van der Waals surface area contributed by atoms with E-state index in [9.17, 15) is 26.3 Å². The Labute approximate surface area is 304 Å². The van der Waals surface area contributed by atoms with Crippen LogP contribution < -0.4 is 10.1 Å². The van der Waals surface area contributed by atoms with Crippen molar-refractivity contribution in [1.29, 1.82) is 0 Å². The number of aliphatic imine (C=N–C) groups is 3. The lowest BCUT2D eigenvalue weighted by Crippen LogP contribution is -2.29. The summed E-state index contributed by atoms with van der Waals surface area (Å²) >= 11 is 0. The molecular formula is C40H23BF6N6O. The molecule has 0 saturated carbocycles. The molecule has 6 aromatic carbocycles. The standard InChI is InChI=1S/C40H23BF6N6O/c1-48-36-25-13-31(44)32(45)14-26(25)37(49-36)50-39-27-15-33(46)34(47)16-28(27)40(53(39)41)51-38-24-12-30(43)29(42)11-21(24)17-52(38)18-54-35-22-8-4-2-6-19(22)10-20-7-3-5-9-23(20)35/h2-16H,17-18H2,1H3,(H,48,49,50).